The molecule has 0 aliphatic heterocycles. The van der Waals surface area contributed by atoms with Crippen molar-refractivity contribution in [3.63, 3.8) is 0 Å². The summed E-state index contributed by atoms with van der Waals surface area (Å²) >= 11 is 0. The van der Waals surface area contributed by atoms with Crippen LogP contribution in [0.4, 0.5) is 0 Å². The summed E-state index contributed by atoms with van der Waals surface area (Å²) in [5, 5.41) is 3.69. The fourth-order valence-corrected chi connectivity index (χ4v) is 3.13. The van der Waals surface area contributed by atoms with Gasteiger partial charge in [-0.15, -0.1) is 0 Å². The van der Waals surface area contributed by atoms with E-state index in [1.165, 1.54) is 0 Å². The van der Waals surface area contributed by atoms with Crippen LogP contribution < -0.4 is 10.1 Å². The lowest BCUT2D eigenvalue weighted by Gasteiger charge is -2.03. The molecule has 1 aromatic heterocycles. The molecule has 1 heterocycles. The molecule has 0 atom stereocenters. The van der Waals surface area contributed by atoms with Crippen molar-refractivity contribution < 1.29 is 13.9 Å². The number of rotatable bonds is 4. The molecule has 0 saturated heterocycles. The van der Waals surface area contributed by atoms with Crippen LogP contribution in [-0.4, -0.2) is 19.6 Å². The molecule has 4 rings (SSSR count). The topological polar surface area (TPSA) is 51.5 Å². The van der Waals surface area contributed by atoms with Crippen molar-refractivity contribution in [2.24, 2.45) is 0 Å². The van der Waals surface area contributed by atoms with Gasteiger partial charge in [-0.2, -0.15) is 0 Å². The second kappa shape index (κ2) is 8.37. The number of benzene rings is 3. The minimum absolute atomic E-state index is 0.225. The first-order chi connectivity index (χ1) is 14.3. The lowest BCUT2D eigenvalue weighted by atomic mass is 10.0. The third-order valence-electron chi connectivity index (χ3n) is 4.51. The molecule has 3 aromatic carbocycles. The van der Waals surface area contributed by atoms with E-state index in [0.29, 0.717) is 11.3 Å². The molecule has 0 aliphatic rings. The highest BCUT2D eigenvalue weighted by molar-refractivity contribution is 6.08. The Morgan fingerprint density at radius 1 is 1.00 bits per heavy atom. The van der Waals surface area contributed by atoms with Crippen LogP contribution in [-0.2, 0) is 0 Å². The molecule has 4 heteroatoms. The van der Waals surface area contributed by atoms with Crippen LogP contribution >= 0.6 is 0 Å². The number of carbonyl (C=O) groups excluding carboxylic acids is 1. The van der Waals surface area contributed by atoms with Crippen molar-refractivity contribution in [1.29, 1.82) is 0 Å². The minimum Gasteiger partial charge on any atom is -0.497 e. The van der Waals surface area contributed by atoms with Gasteiger partial charge in [0.1, 0.15) is 11.3 Å². The van der Waals surface area contributed by atoms with E-state index in [1.807, 2.05) is 72.8 Å². The molecule has 0 unspecified atom stereocenters. The maximum atomic E-state index is 12.9. The molecule has 0 bridgehead atoms. The number of ether oxygens (including phenoxy) is 1. The summed E-state index contributed by atoms with van der Waals surface area (Å²) in [6, 6.07) is 24.9. The van der Waals surface area contributed by atoms with Gasteiger partial charge in [0.25, 0.3) is 5.91 Å². The van der Waals surface area contributed by atoms with Gasteiger partial charge in [-0.05, 0) is 29.8 Å². The minimum atomic E-state index is -0.304. The van der Waals surface area contributed by atoms with Gasteiger partial charge in [0.05, 0.1) is 13.7 Å². The lowest BCUT2D eigenvalue weighted by Crippen LogP contribution is -2.23. The second-order valence-electron chi connectivity index (χ2n) is 6.38. The third-order valence-corrected chi connectivity index (χ3v) is 4.51. The Hall–Kier alpha value is -3.97. The SMILES string of the molecule is COc1ccc2c(-c3ccccc3)c(C(=O)NCC#Cc3ccccc3)oc2c1. The van der Waals surface area contributed by atoms with E-state index in [1.54, 1.807) is 13.2 Å². The molecule has 29 heavy (non-hydrogen) atoms. The molecule has 0 saturated carbocycles. The van der Waals surface area contributed by atoms with Crippen molar-refractivity contribution >= 4 is 16.9 Å². The molecule has 0 fully saturated rings. The molecule has 0 radical (unpaired) electrons. The van der Waals surface area contributed by atoms with Gasteiger partial charge < -0.3 is 14.5 Å². The zero-order chi connectivity index (χ0) is 20.1. The van der Waals surface area contributed by atoms with Crippen LogP contribution in [0.3, 0.4) is 0 Å². The average molecular weight is 381 g/mol. The average Bonchev–Trinajstić information content (AvgIpc) is 3.16. The third kappa shape index (κ3) is 3.99. The normalized spacial score (nSPS) is 10.2. The zero-order valence-corrected chi connectivity index (χ0v) is 15.9. The number of carbonyl (C=O) groups is 1. The van der Waals surface area contributed by atoms with E-state index in [2.05, 4.69) is 17.2 Å². The van der Waals surface area contributed by atoms with Crippen molar-refractivity contribution in [3.8, 4) is 28.7 Å². The zero-order valence-electron chi connectivity index (χ0n) is 15.9. The summed E-state index contributed by atoms with van der Waals surface area (Å²) in [6.45, 7) is 0.225. The van der Waals surface area contributed by atoms with Gasteiger partial charge in [0, 0.05) is 22.6 Å². The van der Waals surface area contributed by atoms with Crippen LogP contribution in [0.25, 0.3) is 22.1 Å². The Morgan fingerprint density at radius 3 is 2.45 bits per heavy atom. The van der Waals surface area contributed by atoms with Gasteiger partial charge >= 0.3 is 0 Å². The maximum absolute atomic E-state index is 12.9. The van der Waals surface area contributed by atoms with Crippen LogP contribution in [0.1, 0.15) is 16.1 Å². The van der Waals surface area contributed by atoms with Crippen LogP contribution in [0.15, 0.2) is 83.3 Å². The summed E-state index contributed by atoms with van der Waals surface area (Å²) in [5.41, 5.74) is 3.18. The number of amides is 1. The monoisotopic (exact) mass is 381 g/mol. The molecule has 0 aliphatic carbocycles. The Labute approximate surface area is 169 Å². The van der Waals surface area contributed by atoms with Crippen molar-refractivity contribution in [1.82, 2.24) is 5.32 Å². The first kappa shape index (κ1) is 18.4. The Morgan fingerprint density at radius 2 is 1.72 bits per heavy atom. The fourth-order valence-electron chi connectivity index (χ4n) is 3.13. The van der Waals surface area contributed by atoms with Crippen molar-refractivity contribution in [3.05, 3.63) is 90.2 Å². The number of fused-ring (bicyclic) bond motifs is 1. The molecule has 0 spiro atoms. The first-order valence-electron chi connectivity index (χ1n) is 9.24. The van der Waals surface area contributed by atoms with Crippen molar-refractivity contribution in [2.45, 2.75) is 0 Å². The van der Waals surface area contributed by atoms with Crippen LogP contribution in [0.5, 0.6) is 5.75 Å². The summed E-state index contributed by atoms with van der Waals surface area (Å²) in [4.78, 5) is 12.9. The Balaban J connectivity index is 1.65. The summed E-state index contributed by atoms with van der Waals surface area (Å²) in [6.07, 6.45) is 0. The standard InChI is InChI=1S/C25H19NO3/c1-28-20-14-15-21-22(17-20)29-24(23(21)19-12-6-3-7-13-19)25(27)26-16-8-11-18-9-4-2-5-10-18/h2-7,9-10,12-15,17H,16H2,1H3,(H,26,27). The Kier molecular flexibility index (Phi) is 5.31. The molecule has 4 aromatic rings. The maximum Gasteiger partial charge on any atom is 0.288 e. The molecule has 1 amide bonds. The summed E-state index contributed by atoms with van der Waals surface area (Å²) < 4.78 is 11.2. The fraction of sp³-hybridized carbons (Fsp3) is 0.0800. The molecule has 1 N–H and O–H groups in total. The van der Waals surface area contributed by atoms with E-state index >= 15 is 0 Å². The number of hydrogen-bond donors (Lipinski definition) is 1. The van der Waals surface area contributed by atoms with E-state index in [4.69, 9.17) is 9.15 Å². The Bertz CT molecular complexity index is 1200. The predicted molar refractivity (Wildman–Crippen MR) is 114 cm³/mol. The van der Waals surface area contributed by atoms with Crippen LogP contribution in [0.2, 0.25) is 0 Å². The highest BCUT2D eigenvalue weighted by Gasteiger charge is 2.21. The highest BCUT2D eigenvalue weighted by atomic mass is 16.5. The van der Waals surface area contributed by atoms with E-state index in [-0.39, 0.29) is 18.2 Å². The number of methoxy groups -OCH3 is 1. The van der Waals surface area contributed by atoms with Gasteiger partial charge in [0.15, 0.2) is 0 Å². The molecule has 4 nitrogen and oxygen atoms in total. The quantitative estimate of drug-likeness (QED) is 0.512. The second-order valence-corrected chi connectivity index (χ2v) is 6.38. The van der Waals surface area contributed by atoms with E-state index in [9.17, 15) is 4.79 Å². The van der Waals surface area contributed by atoms with Crippen LogP contribution in [0, 0.1) is 11.8 Å². The van der Waals surface area contributed by atoms with Gasteiger partial charge in [-0.1, -0.05) is 60.4 Å². The predicted octanol–water partition coefficient (Wildman–Crippen LogP) is 4.89. The largest absolute Gasteiger partial charge is 0.497 e. The number of hydrogen-bond acceptors (Lipinski definition) is 3. The first-order valence-corrected chi connectivity index (χ1v) is 9.24. The smallest absolute Gasteiger partial charge is 0.288 e. The molecule has 142 valence electrons. The number of furan rings is 1. The lowest BCUT2D eigenvalue weighted by molar-refractivity contribution is 0.0934. The van der Waals surface area contributed by atoms with E-state index < -0.39 is 0 Å². The van der Waals surface area contributed by atoms with E-state index in [0.717, 1.165) is 22.1 Å². The highest BCUT2D eigenvalue weighted by Crippen LogP contribution is 2.36. The molecular weight excluding hydrogens is 362 g/mol. The van der Waals surface area contributed by atoms with Gasteiger partial charge in [-0.3, -0.25) is 4.79 Å². The summed E-state index contributed by atoms with van der Waals surface area (Å²) in [7, 11) is 1.60. The molecular formula is C25H19NO3. The van der Waals surface area contributed by atoms with Gasteiger partial charge in [0.2, 0.25) is 5.76 Å². The van der Waals surface area contributed by atoms with Gasteiger partial charge in [-0.25, -0.2) is 0 Å². The van der Waals surface area contributed by atoms with Crippen molar-refractivity contribution in [2.75, 3.05) is 13.7 Å². The number of nitrogens with one attached hydrogen (secondary N) is 1. The summed E-state index contributed by atoms with van der Waals surface area (Å²) in [5.74, 6) is 6.63.